The van der Waals surface area contributed by atoms with Gasteiger partial charge >= 0.3 is 0 Å². The van der Waals surface area contributed by atoms with Crippen molar-refractivity contribution in [2.45, 2.75) is 19.4 Å². The minimum Gasteiger partial charge on any atom is -0.383 e. The minimum atomic E-state index is -0.368. The van der Waals surface area contributed by atoms with Gasteiger partial charge in [-0.1, -0.05) is 30.3 Å². The van der Waals surface area contributed by atoms with Gasteiger partial charge in [0.2, 0.25) is 5.91 Å². The maximum atomic E-state index is 10.6. The molecule has 4 nitrogen and oxygen atoms in total. The van der Waals surface area contributed by atoms with Gasteiger partial charge in [-0.05, 0) is 6.92 Å². The Labute approximate surface area is 89.0 Å². The molecule has 0 saturated heterocycles. The van der Waals surface area contributed by atoms with Crippen LogP contribution in [0.1, 0.15) is 18.9 Å². The van der Waals surface area contributed by atoms with Crippen molar-refractivity contribution in [2.75, 3.05) is 0 Å². The molecule has 0 bridgehead atoms. The van der Waals surface area contributed by atoms with Gasteiger partial charge in [-0.25, -0.2) is 0 Å². The molecule has 1 atom stereocenters. The number of amidine groups is 1. The van der Waals surface area contributed by atoms with E-state index in [-0.39, 0.29) is 18.4 Å². The molecule has 1 unspecified atom stereocenters. The van der Waals surface area contributed by atoms with Gasteiger partial charge in [0.25, 0.3) is 0 Å². The van der Waals surface area contributed by atoms with E-state index in [4.69, 9.17) is 11.5 Å². The fourth-order valence-electron chi connectivity index (χ4n) is 1.26. The van der Waals surface area contributed by atoms with E-state index in [1.54, 1.807) is 6.92 Å². The summed E-state index contributed by atoms with van der Waals surface area (Å²) in [5, 5.41) is 0. The van der Waals surface area contributed by atoms with E-state index in [1.165, 1.54) is 0 Å². The quantitative estimate of drug-likeness (QED) is 0.559. The highest BCUT2D eigenvalue weighted by molar-refractivity contribution is 5.97. The van der Waals surface area contributed by atoms with Gasteiger partial charge in [0.05, 0.1) is 6.04 Å². The standard InChI is InChI=1S/C11H15N3O/c1-8(7-10(12)15)14-11(13)9-5-3-2-4-6-9/h2-6,8H,7H2,1H3,(H2,12,15)(H2,13,14). The topological polar surface area (TPSA) is 81.5 Å². The van der Waals surface area contributed by atoms with Crippen LogP contribution < -0.4 is 11.5 Å². The molecular weight excluding hydrogens is 190 g/mol. The van der Waals surface area contributed by atoms with Crippen molar-refractivity contribution in [3.63, 3.8) is 0 Å². The molecule has 0 spiro atoms. The SMILES string of the molecule is CC(CC(N)=O)N=C(N)c1ccccc1. The summed E-state index contributed by atoms with van der Waals surface area (Å²) in [5.74, 6) is 0.0662. The van der Waals surface area contributed by atoms with Crippen LogP contribution in [-0.4, -0.2) is 17.8 Å². The number of carbonyl (C=O) groups excluding carboxylic acids is 1. The van der Waals surface area contributed by atoms with E-state index in [0.29, 0.717) is 5.84 Å². The molecule has 0 saturated carbocycles. The molecule has 0 aromatic heterocycles. The smallest absolute Gasteiger partial charge is 0.219 e. The Morgan fingerprint density at radius 3 is 2.47 bits per heavy atom. The Hall–Kier alpha value is -1.84. The Morgan fingerprint density at radius 2 is 1.93 bits per heavy atom. The number of carbonyl (C=O) groups is 1. The average Bonchev–Trinajstić information content (AvgIpc) is 2.17. The number of nitrogens with two attached hydrogens (primary N) is 2. The molecule has 15 heavy (non-hydrogen) atoms. The van der Waals surface area contributed by atoms with Crippen LogP contribution in [0.15, 0.2) is 35.3 Å². The van der Waals surface area contributed by atoms with Gasteiger partial charge in [-0.15, -0.1) is 0 Å². The zero-order valence-electron chi connectivity index (χ0n) is 8.68. The van der Waals surface area contributed by atoms with Gasteiger partial charge in [-0.3, -0.25) is 9.79 Å². The third kappa shape index (κ3) is 3.81. The molecule has 0 radical (unpaired) electrons. The normalized spacial score (nSPS) is 13.5. The first-order chi connectivity index (χ1) is 7.09. The van der Waals surface area contributed by atoms with Crippen molar-refractivity contribution in [1.29, 1.82) is 0 Å². The first-order valence-corrected chi connectivity index (χ1v) is 4.76. The fourth-order valence-corrected chi connectivity index (χ4v) is 1.26. The predicted octanol–water partition coefficient (Wildman–Crippen LogP) is 0.656. The highest BCUT2D eigenvalue weighted by atomic mass is 16.1. The summed E-state index contributed by atoms with van der Waals surface area (Å²) in [5.41, 5.74) is 11.7. The number of nitrogens with zero attached hydrogens (tertiary/aromatic N) is 1. The number of amides is 1. The second kappa shape index (κ2) is 5.14. The van der Waals surface area contributed by atoms with Crippen LogP contribution in [-0.2, 0) is 4.79 Å². The zero-order chi connectivity index (χ0) is 11.3. The van der Waals surface area contributed by atoms with Gasteiger partial charge in [0.15, 0.2) is 0 Å². The maximum Gasteiger partial charge on any atom is 0.219 e. The molecule has 0 aliphatic heterocycles. The molecule has 4 heteroatoms. The predicted molar refractivity (Wildman–Crippen MR) is 60.4 cm³/mol. The Morgan fingerprint density at radius 1 is 1.33 bits per heavy atom. The molecule has 80 valence electrons. The summed E-state index contributed by atoms with van der Waals surface area (Å²) < 4.78 is 0. The summed E-state index contributed by atoms with van der Waals surface area (Å²) in [6.45, 7) is 1.81. The molecule has 0 aliphatic rings. The van der Waals surface area contributed by atoms with Crippen LogP contribution in [0.4, 0.5) is 0 Å². The number of rotatable bonds is 4. The van der Waals surface area contributed by atoms with Crippen LogP contribution in [0.25, 0.3) is 0 Å². The number of primary amides is 1. The molecule has 1 aromatic rings. The molecule has 1 rings (SSSR count). The van der Waals surface area contributed by atoms with Gasteiger partial charge in [0, 0.05) is 12.0 Å². The van der Waals surface area contributed by atoms with E-state index in [9.17, 15) is 4.79 Å². The van der Waals surface area contributed by atoms with Gasteiger partial charge in [0.1, 0.15) is 5.84 Å². The molecule has 0 aliphatic carbocycles. The fraction of sp³-hybridized carbons (Fsp3) is 0.273. The summed E-state index contributed by atoms with van der Waals surface area (Å²) in [4.78, 5) is 14.8. The Kier molecular flexibility index (Phi) is 3.85. The van der Waals surface area contributed by atoms with Crippen molar-refractivity contribution in [3.05, 3.63) is 35.9 Å². The lowest BCUT2D eigenvalue weighted by Gasteiger charge is -2.05. The lowest BCUT2D eigenvalue weighted by atomic mass is 10.2. The van der Waals surface area contributed by atoms with Crippen molar-refractivity contribution >= 4 is 11.7 Å². The highest BCUT2D eigenvalue weighted by Crippen LogP contribution is 2.01. The maximum absolute atomic E-state index is 10.6. The van der Waals surface area contributed by atoms with Crippen LogP contribution in [0.5, 0.6) is 0 Å². The van der Waals surface area contributed by atoms with Crippen LogP contribution in [0.3, 0.4) is 0 Å². The first kappa shape index (κ1) is 11.2. The van der Waals surface area contributed by atoms with Crippen molar-refractivity contribution in [3.8, 4) is 0 Å². The van der Waals surface area contributed by atoms with Crippen LogP contribution in [0.2, 0.25) is 0 Å². The molecule has 1 aromatic carbocycles. The summed E-state index contributed by atoms with van der Waals surface area (Å²) in [6, 6.07) is 9.24. The third-order valence-electron chi connectivity index (χ3n) is 1.93. The molecule has 1 amide bonds. The number of hydrogen-bond donors (Lipinski definition) is 2. The van der Waals surface area contributed by atoms with Crippen molar-refractivity contribution in [2.24, 2.45) is 16.5 Å². The van der Waals surface area contributed by atoms with Crippen LogP contribution >= 0.6 is 0 Å². The first-order valence-electron chi connectivity index (χ1n) is 4.76. The Bertz CT molecular complexity index is 359. The number of hydrogen-bond acceptors (Lipinski definition) is 2. The molecule has 0 heterocycles. The molecular formula is C11H15N3O. The highest BCUT2D eigenvalue weighted by Gasteiger charge is 2.05. The lowest BCUT2D eigenvalue weighted by molar-refractivity contribution is -0.118. The average molecular weight is 205 g/mol. The Balaban J connectivity index is 2.71. The largest absolute Gasteiger partial charge is 0.383 e. The van der Waals surface area contributed by atoms with Crippen molar-refractivity contribution < 1.29 is 4.79 Å². The monoisotopic (exact) mass is 205 g/mol. The van der Waals surface area contributed by atoms with Gasteiger partial charge in [-0.2, -0.15) is 0 Å². The second-order valence-electron chi connectivity index (χ2n) is 3.40. The third-order valence-corrected chi connectivity index (χ3v) is 1.93. The second-order valence-corrected chi connectivity index (χ2v) is 3.40. The molecule has 4 N–H and O–H groups in total. The van der Waals surface area contributed by atoms with E-state index < -0.39 is 0 Å². The van der Waals surface area contributed by atoms with E-state index in [2.05, 4.69) is 4.99 Å². The number of benzene rings is 1. The van der Waals surface area contributed by atoms with E-state index in [0.717, 1.165) is 5.56 Å². The summed E-state index contributed by atoms with van der Waals surface area (Å²) in [6.07, 6.45) is 0.216. The summed E-state index contributed by atoms with van der Waals surface area (Å²) in [7, 11) is 0. The summed E-state index contributed by atoms with van der Waals surface area (Å²) >= 11 is 0. The van der Waals surface area contributed by atoms with Crippen LogP contribution in [0, 0.1) is 0 Å². The van der Waals surface area contributed by atoms with E-state index >= 15 is 0 Å². The lowest BCUT2D eigenvalue weighted by Crippen LogP contribution is -2.21. The van der Waals surface area contributed by atoms with E-state index in [1.807, 2.05) is 30.3 Å². The van der Waals surface area contributed by atoms with Gasteiger partial charge < -0.3 is 11.5 Å². The minimum absolute atomic E-state index is 0.178. The molecule has 0 fully saturated rings. The zero-order valence-corrected chi connectivity index (χ0v) is 8.68. The number of aliphatic imine (C=N–C) groups is 1. The van der Waals surface area contributed by atoms with Crippen molar-refractivity contribution in [1.82, 2.24) is 0 Å².